The summed E-state index contributed by atoms with van der Waals surface area (Å²) in [6, 6.07) is 3.77. The van der Waals surface area contributed by atoms with Gasteiger partial charge in [-0.05, 0) is 50.8 Å². The van der Waals surface area contributed by atoms with Crippen LogP contribution in [0.2, 0.25) is 5.02 Å². The summed E-state index contributed by atoms with van der Waals surface area (Å²) in [7, 11) is 3.36. The third-order valence-electron chi connectivity index (χ3n) is 5.75. The van der Waals surface area contributed by atoms with Gasteiger partial charge in [0.2, 0.25) is 0 Å². The van der Waals surface area contributed by atoms with Crippen molar-refractivity contribution in [2.75, 3.05) is 33.9 Å². The van der Waals surface area contributed by atoms with Gasteiger partial charge in [0.25, 0.3) is 5.91 Å². The zero-order valence-electron chi connectivity index (χ0n) is 17.5. The first kappa shape index (κ1) is 21.6. The van der Waals surface area contributed by atoms with E-state index in [1.165, 1.54) is 0 Å². The van der Waals surface area contributed by atoms with E-state index < -0.39 is 11.7 Å². The first-order chi connectivity index (χ1) is 13.7. The second kappa shape index (κ2) is 8.34. The molecule has 2 aliphatic heterocycles. The number of hydroxylamine groups is 2. The molecule has 1 aromatic carbocycles. The van der Waals surface area contributed by atoms with E-state index >= 15 is 0 Å². The van der Waals surface area contributed by atoms with Gasteiger partial charge in [-0.1, -0.05) is 17.7 Å². The molecule has 8 heteroatoms. The van der Waals surface area contributed by atoms with Crippen LogP contribution in [0.5, 0.6) is 0 Å². The average Bonchev–Trinajstić information content (AvgIpc) is 2.85. The van der Waals surface area contributed by atoms with Gasteiger partial charge >= 0.3 is 6.16 Å². The smallest absolute Gasteiger partial charge is 0.434 e. The fourth-order valence-electron chi connectivity index (χ4n) is 4.27. The molecule has 7 nitrogen and oxygen atoms in total. The van der Waals surface area contributed by atoms with Gasteiger partial charge in [0.1, 0.15) is 5.54 Å². The molecule has 0 aliphatic carbocycles. The number of piperidine rings is 1. The van der Waals surface area contributed by atoms with Gasteiger partial charge in [0.15, 0.2) is 5.76 Å². The molecule has 0 N–H and O–H groups in total. The normalized spacial score (nSPS) is 19.2. The van der Waals surface area contributed by atoms with Crippen LogP contribution in [0.15, 0.2) is 17.9 Å². The standard InChI is InChI=1S/C21H27ClN2O5/c1-6-28-20(26)29-18-17(16-14(3)11-13(2)12-15(16)22)19(25)23(4)21(18)7-9-24(27-5)10-8-21/h11-12H,6-10H2,1-5H3. The largest absolute Gasteiger partial charge is 0.513 e. The Morgan fingerprint density at radius 1 is 1.24 bits per heavy atom. The average molecular weight is 423 g/mol. The minimum atomic E-state index is -0.822. The summed E-state index contributed by atoms with van der Waals surface area (Å²) < 4.78 is 10.7. The maximum Gasteiger partial charge on any atom is 0.513 e. The zero-order chi connectivity index (χ0) is 21.3. The predicted molar refractivity (Wildman–Crippen MR) is 109 cm³/mol. The molecule has 2 heterocycles. The molecule has 158 valence electrons. The highest BCUT2D eigenvalue weighted by Gasteiger charge is 2.54. The van der Waals surface area contributed by atoms with Crippen molar-refractivity contribution < 1.29 is 23.9 Å². The molecule has 1 spiro atoms. The summed E-state index contributed by atoms with van der Waals surface area (Å²) in [4.78, 5) is 32.7. The number of ether oxygens (including phenoxy) is 2. The van der Waals surface area contributed by atoms with Gasteiger partial charge in [-0.15, -0.1) is 0 Å². The number of benzene rings is 1. The Kier molecular flexibility index (Phi) is 6.22. The van der Waals surface area contributed by atoms with Gasteiger partial charge in [-0.3, -0.25) is 4.79 Å². The summed E-state index contributed by atoms with van der Waals surface area (Å²) in [6.45, 7) is 6.92. The summed E-state index contributed by atoms with van der Waals surface area (Å²) in [5, 5.41) is 2.28. The van der Waals surface area contributed by atoms with Gasteiger partial charge in [-0.25, -0.2) is 4.79 Å². The van der Waals surface area contributed by atoms with Crippen LogP contribution in [0.3, 0.4) is 0 Å². The quantitative estimate of drug-likeness (QED) is 0.689. The van der Waals surface area contributed by atoms with E-state index in [-0.39, 0.29) is 12.5 Å². The Morgan fingerprint density at radius 3 is 2.45 bits per heavy atom. The maximum atomic E-state index is 13.4. The van der Waals surface area contributed by atoms with Crippen molar-refractivity contribution >= 4 is 29.2 Å². The minimum absolute atomic E-state index is 0.181. The summed E-state index contributed by atoms with van der Waals surface area (Å²) >= 11 is 6.56. The fourth-order valence-corrected chi connectivity index (χ4v) is 4.69. The zero-order valence-corrected chi connectivity index (χ0v) is 18.3. The van der Waals surface area contributed by atoms with E-state index in [9.17, 15) is 9.59 Å². The van der Waals surface area contributed by atoms with Crippen molar-refractivity contribution in [1.82, 2.24) is 9.96 Å². The van der Waals surface area contributed by atoms with Gasteiger partial charge in [0.05, 0.1) is 19.3 Å². The van der Waals surface area contributed by atoms with E-state index in [1.807, 2.05) is 31.0 Å². The van der Waals surface area contributed by atoms with Crippen LogP contribution >= 0.6 is 11.6 Å². The van der Waals surface area contributed by atoms with Gasteiger partial charge in [-0.2, -0.15) is 5.06 Å². The summed E-state index contributed by atoms with van der Waals surface area (Å²) in [5.74, 6) is 0.0945. The molecule has 0 saturated carbocycles. The molecule has 1 amide bonds. The molecule has 1 aromatic rings. The second-order valence-corrected chi connectivity index (χ2v) is 7.84. The molecule has 0 unspecified atom stereocenters. The third-order valence-corrected chi connectivity index (χ3v) is 6.05. The first-order valence-corrected chi connectivity index (χ1v) is 10.1. The van der Waals surface area contributed by atoms with Crippen LogP contribution in [0.1, 0.15) is 36.5 Å². The third kappa shape index (κ3) is 3.74. The van der Waals surface area contributed by atoms with Gasteiger partial charge in [0, 0.05) is 30.7 Å². The number of nitrogens with zero attached hydrogens (tertiary/aromatic N) is 2. The molecule has 3 rings (SSSR count). The van der Waals surface area contributed by atoms with Crippen LogP contribution in [-0.2, 0) is 19.1 Å². The highest BCUT2D eigenvalue weighted by atomic mass is 35.5. The van der Waals surface area contributed by atoms with Crippen molar-refractivity contribution in [2.24, 2.45) is 0 Å². The lowest BCUT2D eigenvalue weighted by molar-refractivity contribution is -0.162. The van der Waals surface area contributed by atoms with E-state index in [1.54, 1.807) is 26.0 Å². The number of likely N-dealkylation sites (N-methyl/N-ethyl adjacent to an activating group) is 1. The van der Waals surface area contributed by atoms with Crippen LogP contribution in [0, 0.1) is 13.8 Å². The van der Waals surface area contributed by atoms with Crippen molar-refractivity contribution in [3.63, 3.8) is 0 Å². The number of halogens is 1. The SMILES string of the molecule is CCOC(=O)OC1=C(c2c(C)cc(C)cc2Cl)C(=O)N(C)C12CCN(OC)CC2. The first-order valence-electron chi connectivity index (χ1n) is 9.68. The Morgan fingerprint density at radius 2 is 1.90 bits per heavy atom. The minimum Gasteiger partial charge on any atom is -0.434 e. The summed E-state index contributed by atoms with van der Waals surface area (Å²) in [5.41, 5.74) is 2.01. The Labute approximate surface area is 176 Å². The molecule has 0 atom stereocenters. The summed E-state index contributed by atoms with van der Waals surface area (Å²) in [6.07, 6.45) is 0.297. The molecule has 29 heavy (non-hydrogen) atoms. The van der Waals surface area contributed by atoms with Crippen LogP contribution < -0.4 is 0 Å². The van der Waals surface area contributed by atoms with E-state index in [0.717, 1.165) is 11.1 Å². The van der Waals surface area contributed by atoms with Crippen molar-refractivity contribution in [1.29, 1.82) is 0 Å². The van der Waals surface area contributed by atoms with E-state index in [2.05, 4.69) is 0 Å². The van der Waals surface area contributed by atoms with E-state index in [4.69, 9.17) is 25.9 Å². The highest BCUT2D eigenvalue weighted by Crippen LogP contribution is 2.48. The number of amides is 1. The lowest BCUT2D eigenvalue weighted by Crippen LogP contribution is -2.53. The van der Waals surface area contributed by atoms with Crippen molar-refractivity contribution in [3.8, 4) is 0 Å². The highest BCUT2D eigenvalue weighted by molar-refractivity contribution is 6.36. The number of hydrogen-bond donors (Lipinski definition) is 0. The Bertz CT molecular complexity index is 836. The number of aryl methyl sites for hydroxylation is 2. The lowest BCUT2D eigenvalue weighted by atomic mass is 9.84. The Balaban J connectivity index is 2.18. The fraction of sp³-hybridized carbons (Fsp3) is 0.524. The number of carbonyl (C=O) groups excluding carboxylic acids is 2. The topological polar surface area (TPSA) is 68.3 Å². The lowest BCUT2D eigenvalue weighted by Gasteiger charge is -2.43. The molecule has 2 aliphatic rings. The van der Waals surface area contributed by atoms with Gasteiger partial charge < -0.3 is 19.2 Å². The molecular formula is C21H27ClN2O5. The molecule has 1 saturated heterocycles. The molecule has 0 bridgehead atoms. The van der Waals surface area contributed by atoms with Crippen molar-refractivity contribution in [2.45, 2.75) is 39.2 Å². The van der Waals surface area contributed by atoms with E-state index in [0.29, 0.717) is 47.8 Å². The maximum absolute atomic E-state index is 13.4. The number of hydrogen-bond acceptors (Lipinski definition) is 6. The van der Waals surface area contributed by atoms with Crippen molar-refractivity contribution in [3.05, 3.63) is 39.6 Å². The Hall–Kier alpha value is -2.09. The molecule has 1 fully saturated rings. The monoisotopic (exact) mass is 422 g/mol. The molecule has 0 radical (unpaired) electrons. The molecular weight excluding hydrogens is 396 g/mol. The molecule has 0 aromatic heterocycles. The van der Waals surface area contributed by atoms with Crippen LogP contribution in [-0.4, -0.2) is 61.4 Å². The second-order valence-electron chi connectivity index (χ2n) is 7.44. The van der Waals surface area contributed by atoms with Crippen LogP contribution in [0.25, 0.3) is 5.57 Å². The number of rotatable bonds is 4. The van der Waals surface area contributed by atoms with Crippen LogP contribution in [0.4, 0.5) is 4.79 Å². The number of carbonyl (C=O) groups is 2. The predicted octanol–water partition coefficient (Wildman–Crippen LogP) is 3.71.